The van der Waals surface area contributed by atoms with Crippen LogP contribution in [0.2, 0.25) is 10.0 Å². The van der Waals surface area contributed by atoms with Crippen LogP contribution in [-0.4, -0.2) is 35.4 Å². The van der Waals surface area contributed by atoms with Crippen molar-refractivity contribution >= 4 is 40.7 Å². The first-order chi connectivity index (χ1) is 8.90. The van der Waals surface area contributed by atoms with Crippen molar-refractivity contribution in [2.75, 3.05) is 24.3 Å². The Morgan fingerprint density at radius 2 is 2.05 bits per heavy atom. The minimum atomic E-state index is -0.457. The number of halogens is 2. The summed E-state index contributed by atoms with van der Waals surface area (Å²) >= 11 is 11.9. The molecule has 1 heterocycles. The fourth-order valence-corrected chi connectivity index (χ4v) is 1.89. The molecule has 0 aliphatic heterocycles. The third-order valence-corrected chi connectivity index (χ3v) is 3.22. The smallest absolute Gasteiger partial charge is 0.244 e. The Kier molecular flexibility index (Phi) is 5.65. The van der Waals surface area contributed by atoms with Crippen molar-refractivity contribution in [1.82, 2.24) is 9.88 Å². The highest BCUT2D eigenvalue weighted by molar-refractivity contribution is 6.37. The predicted octanol–water partition coefficient (Wildman–Crippen LogP) is 1.95. The largest absolute Gasteiger partial charge is 0.357 e. The summed E-state index contributed by atoms with van der Waals surface area (Å²) in [6, 6.07) is 1.05. The third kappa shape index (κ3) is 3.86. The van der Waals surface area contributed by atoms with Gasteiger partial charge in [-0.3, -0.25) is 4.79 Å². The van der Waals surface area contributed by atoms with Crippen molar-refractivity contribution in [2.45, 2.75) is 19.9 Å². The summed E-state index contributed by atoms with van der Waals surface area (Å²) in [5.74, 6) is 5.87. The number of pyridine rings is 1. The van der Waals surface area contributed by atoms with E-state index in [4.69, 9.17) is 29.0 Å². The van der Waals surface area contributed by atoms with E-state index in [9.17, 15) is 4.79 Å². The van der Waals surface area contributed by atoms with Gasteiger partial charge in [-0.15, -0.1) is 0 Å². The zero-order valence-corrected chi connectivity index (χ0v) is 12.5. The SMILES string of the molecule is CCN(C)C(=O)C(C)Nc1nc(NN)c(Cl)cc1Cl. The van der Waals surface area contributed by atoms with E-state index in [1.807, 2.05) is 6.92 Å². The predicted molar refractivity (Wildman–Crippen MR) is 78.5 cm³/mol. The van der Waals surface area contributed by atoms with Crippen molar-refractivity contribution in [1.29, 1.82) is 0 Å². The fourth-order valence-electron chi connectivity index (χ4n) is 1.42. The first kappa shape index (κ1) is 15.8. The van der Waals surface area contributed by atoms with E-state index in [1.54, 1.807) is 18.9 Å². The van der Waals surface area contributed by atoms with Gasteiger partial charge in [-0.05, 0) is 19.9 Å². The third-order valence-electron chi connectivity index (χ3n) is 2.64. The summed E-state index contributed by atoms with van der Waals surface area (Å²) in [5, 5.41) is 3.57. The van der Waals surface area contributed by atoms with Crippen LogP contribution in [0, 0.1) is 0 Å². The Balaban J connectivity index is 2.90. The van der Waals surface area contributed by atoms with Crippen LogP contribution in [0.3, 0.4) is 0 Å². The van der Waals surface area contributed by atoms with Crippen molar-refractivity contribution in [3.63, 3.8) is 0 Å². The van der Waals surface area contributed by atoms with Crippen LogP contribution in [-0.2, 0) is 4.79 Å². The molecule has 0 aliphatic carbocycles. The molecule has 1 aromatic heterocycles. The van der Waals surface area contributed by atoms with Gasteiger partial charge in [0.1, 0.15) is 11.9 Å². The molecule has 106 valence electrons. The molecular formula is C11H17Cl2N5O. The van der Waals surface area contributed by atoms with Crippen LogP contribution in [0.25, 0.3) is 0 Å². The van der Waals surface area contributed by atoms with E-state index >= 15 is 0 Å². The molecule has 1 atom stereocenters. The molecule has 0 aliphatic rings. The Hall–Kier alpha value is -1.24. The second kappa shape index (κ2) is 6.79. The maximum absolute atomic E-state index is 11.9. The van der Waals surface area contributed by atoms with E-state index in [0.29, 0.717) is 22.4 Å². The number of hydrazine groups is 1. The molecule has 0 saturated carbocycles. The normalized spacial score (nSPS) is 11.9. The molecule has 4 N–H and O–H groups in total. The molecule has 1 aromatic rings. The topological polar surface area (TPSA) is 83.3 Å². The van der Waals surface area contributed by atoms with Gasteiger partial charge in [0, 0.05) is 13.6 Å². The molecule has 0 fully saturated rings. The van der Waals surface area contributed by atoms with E-state index in [1.165, 1.54) is 6.07 Å². The standard InChI is InChI=1S/C11H17Cl2N5O/c1-4-18(3)11(19)6(2)15-9-7(12)5-8(13)10(16-9)17-14/h5-6H,4,14H2,1-3H3,(H2,15,16,17). The zero-order chi connectivity index (χ0) is 14.6. The number of hydrogen-bond acceptors (Lipinski definition) is 5. The fraction of sp³-hybridized carbons (Fsp3) is 0.455. The Bertz CT molecular complexity index is 469. The van der Waals surface area contributed by atoms with Crippen LogP contribution in [0.5, 0.6) is 0 Å². The van der Waals surface area contributed by atoms with E-state index in [0.717, 1.165) is 0 Å². The number of nitrogen functional groups attached to an aromatic ring is 1. The highest BCUT2D eigenvalue weighted by Gasteiger charge is 2.18. The molecule has 0 saturated heterocycles. The number of nitrogens with one attached hydrogen (secondary N) is 2. The molecule has 0 radical (unpaired) electrons. The zero-order valence-electron chi connectivity index (χ0n) is 11.0. The highest BCUT2D eigenvalue weighted by atomic mass is 35.5. The number of hydrogen-bond donors (Lipinski definition) is 3. The van der Waals surface area contributed by atoms with E-state index in [2.05, 4.69) is 15.7 Å². The van der Waals surface area contributed by atoms with Gasteiger partial charge < -0.3 is 15.6 Å². The summed E-state index contributed by atoms with van der Waals surface area (Å²) in [4.78, 5) is 17.7. The number of likely N-dealkylation sites (N-methyl/N-ethyl adjacent to an activating group) is 1. The molecule has 0 bridgehead atoms. The lowest BCUT2D eigenvalue weighted by molar-refractivity contribution is -0.130. The number of aromatic nitrogens is 1. The minimum absolute atomic E-state index is 0.0578. The maximum Gasteiger partial charge on any atom is 0.244 e. The number of carbonyl (C=O) groups excluding carboxylic acids is 1. The van der Waals surface area contributed by atoms with Gasteiger partial charge in [0.05, 0.1) is 10.0 Å². The molecular weight excluding hydrogens is 289 g/mol. The van der Waals surface area contributed by atoms with Crippen LogP contribution in [0.15, 0.2) is 6.07 Å². The molecule has 8 heteroatoms. The number of amides is 1. The van der Waals surface area contributed by atoms with Gasteiger partial charge in [-0.25, -0.2) is 10.8 Å². The molecule has 0 spiro atoms. The average Bonchev–Trinajstić information content (AvgIpc) is 2.39. The van der Waals surface area contributed by atoms with Gasteiger partial charge in [0.2, 0.25) is 5.91 Å². The van der Waals surface area contributed by atoms with E-state index in [-0.39, 0.29) is 11.7 Å². The van der Waals surface area contributed by atoms with Gasteiger partial charge >= 0.3 is 0 Å². The van der Waals surface area contributed by atoms with Crippen molar-refractivity contribution in [3.05, 3.63) is 16.1 Å². The minimum Gasteiger partial charge on any atom is -0.357 e. The molecule has 6 nitrogen and oxygen atoms in total. The first-order valence-corrected chi connectivity index (χ1v) is 6.50. The summed E-state index contributed by atoms with van der Waals surface area (Å²) in [6.07, 6.45) is 0. The number of rotatable bonds is 5. The van der Waals surface area contributed by atoms with Crippen molar-refractivity contribution in [3.8, 4) is 0 Å². The second-order valence-corrected chi connectivity index (χ2v) is 4.83. The first-order valence-electron chi connectivity index (χ1n) is 5.74. The van der Waals surface area contributed by atoms with E-state index < -0.39 is 6.04 Å². The second-order valence-electron chi connectivity index (χ2n) is 4.01. The van der Waals surface area contributed by atoms with Crippen LogP contribution < -0.4 is 16.6 Å². The lowest BCUT2D eigenvalue weighted by Crippen LogP contribution is -2.39. The summed E-state index contributed by atoms with van der Waals surface area (Å²) < 4.78 is 0. The Labute approximate surface area is 122 Å². The number of nitrogens with two attached hydrogens (primary N) is 1. The lowest BCUT2D eigenvalue weighted by atomic mass is 10.3. The molecule has 0 aromatic carbocycles. The summed E-state index contributed by atoms with van der Waals surface area (Å²) in [6.45, 7) is 4.26. The maximum atomic E-state index is 11.9. The molecule has 1 amide bonds. The molecule has 19 heavy (non-hydrogen) atoms. The monoisotopic (exact) mass is 305 g/mol. The lowest BCUT2D eigenvalue weighted by Gasteiger charge is -2.21. The quantitative estimate of drug-likeness (QED) is 0.572. The Morgan fingerprint density at radius 3 is 2.58 bits per heavy atom. The van der Waals surface area contributed by atoms with Crippen molar-refractivity contribution in [2.24, 2.45) is 5.84 Å². The molecule has 1 rings (SSSR count). The summed E-state index contributed by atoms with van der Waals surface area (Å²) in [5.41, 5.74) is 2.36. The highest BCUT2D eigenvalue weighted by Crippen LogP contribution is 2.29. The van der Waals surface area contributed by atoms with Crippen LogP contribution in [0.4, 0.5) is 11.6 Å². The van der Waals surface area contributed by atoms with Gasteiger partial charge in [0.15, 0.2) is 5.82 Å². The van der Waals surface area contributed by atoms with Gasteiger partial charge in [-0.2, -0.15) is 0 Å². The van der Waals surface area contributed by atoms with Crippen LogP contribution >= 0.6 is 23.2 Å². The summed E-state index contributed by atoms with van der Waals surface area (Å²) in [7, 11) is 1.73. The number of carbonyl (C=O) groups is 1. The van der Waals surface area contributed by atoms with Crippen molar-refractivity contribution < 1.29 is 4.79 Å². The van der Waals surface area contributed by atoms with Gasteiger partial charge in [0.25, 0.3) is 0 Å². The number of nitrogens with zero attached hydrogens (tertiary/aromatic N) is 2. The van der Waals surface area contributed by atoms with Gasteiger partial charge in [-0.1, -0.05) is 23.2 Å². The average molecular weight is 306 g/mol. The van der Waals surface area contributed by atoms with Crippen LogP contribution in [0.1, 0.15) is 13.8 Å². The number of anilines is 2. The Morgan fingerprint density at radius 1 is 1.47 bits per heavy atom. The molecule has 1 unspecified atom stereocenters.